The molecule has 1 aromatic heterocycles. The number of hydrogen-bond acceptors (Lipinski definition) is 2. The Labute approximate surface area is 119 Å². The van der Waals surface area contributed by atoms with Gasteiger partial charge in [-0.1, -0.05) is 36.4 Å². The second kappa shape index (κ2) is 5.47. The highest BCUT2D eigenvalue weighted by molar-refractivity contribution is 5.75. The van der Waals surface area contributed by atoms with Crippen LogP contribution in [0.5, 0.6) is 0 Å². The first-order valence-corrected chi connectivity index (χ1v) is 6.91. The van der Waals surface area contributed by atoms with Crippen molar-refractivity contribution in [3.05, 3.63) is 65.5 Å². The van der Waals surface area contributed by atoms with Crippen LogP contribution in [0.3, 0.4) is 0 Å². The van der Waals surface area contributed by atoms with Gasteiger partial charge in [0.1, 0.15) is 5.82 Å². The highest BCUT2D eigenvalue weighted by Crippen LogP contribution is 2.18. The summed E-state index contributed by atoms with van der Waals surface area (Å²) in [4.78, 5) is 4.75. The third kappa shape index (κ3) is 2.32. The van der Waals surface area contributed by atoms with Crippen molar-refractivity contribution in [2.45, 2.75) is 13.0 Å². The standard InChI is InChI=1S/C17H19N3/c1-18-12-14-8-4-3-7-13(14)11-17-19-15-9-5-6-10-16(15)20(17)2/h3-10,18H,11-12H2,1-2H3. The topological polar surface area (TPSA) is 29.9 Å². The van der Waals surface area contributed by atoms with Gasteiger partial charge in [-0.3, -0.25) is 0 Å². The van der Waals surface area contributed by atoms with E-state index in [-0.39, 0.29) is 0 Å². The van der Waals surface area contributed by atoms with E-state index in [9.17, 15) is 0 Å². The van der Waals surface area contributed by atoms with Crippen LogP contribution in [0, 0.1) is 0 Å². The van der Waals surface area contributed by atoms with E-state index in [1.54, 1.807) is 0 Å². The van der Waals surface area contributed by atoms with Gasteiger partial charge in [-0.2, -0.15) is 0 Å². The predicted molar refractivity (Wildman–Crippen MR) is 82.7 cm³/mol. The molecule has 0 spiro atoms. The molecule has 3 rings (SSSR count). The summed E-state index contributed by atoms with van der Waals surface area (Å²) < 4.78 is 2.19. The minimum Gasteiger partial charge on any atom is -0.331 e. The molecular formula is C17H19N3. The highest BCUT2D eigenvalue weighted by Gasteiger charge is 2.09. The largest absolute Gasteiger partial charge is 0.331 e. The third-order valence-corrected chi connectivity index (χ3v) is 3.71. The molecule has 0 fully saturated rings. The predicted octanol–water partition coefficient (Wildman–Crippen LogP) is 2.88. The van der Waals surface area contributed by atoms with Crippen LogP contribution < -0.4 is 5.32 Å². The van der Waals surface area contributed by atoms with Gasteiger partial charge >= 0.3 is 0 Å². The smallest absolute Gasteiger partial charge is 0.114 e. The van der Waals surface area contributed by atoms with Gasteiger partial charge in [0.05, 0.1) is 11.0 Å². The molecule has 0 saturated heterocycles. The van der Waals surface area contributed by atoms with Crippen molar-refractivity contribution in [3.8, 4) is 0 Å². The van der Waals surface area contributed by atoms with E-state index in [0.717, 1.165) is 24.3 Å². The molecule has 0 aliphatic heterocycles. The lowest BCUT2D eigenvalue weighted by molar-refractivity contribution is 0.793. The van der Waals surface area contributed by atoms with Gasteiger partial charge in [0.2, 0.25) is 0 Å². The molecule has 3 aromatic rings. The monoisotopic (exact) mass is 265 g/mol. The van der Waals surface area contributed by atoms with Crippen LogP contribution in [0.15, 0.2) is 48.5 Å². The van der Waals surface area contributed by atoms with Gasteiger partial charge in [0, 0.05) is 20.0 Å². The molecule has 0 unspecified atom stereocenters. The lowest BCUT2D eigenvalue weighted by Gasteiger charge is -2.09. The van der Waals surface area contributed by atoms with Gasteiger partial charge in [-0.15, -0.1) is 0 Å². The van der Waals surface area contributed by atoms with Crippen LogP contribution in [0.2, 0.25) is 0 Å². The second-order valence-electron chi connectivity index (χ2n) is 5.05. The first-order valence-electron chi connectivity index (χ1n) is 6.91. The Morgan fingerprint density at radius 1 is 1.00 bits per heavy atom. The van der Waals surface area contributed by atoms with Crippen molar-refractivity contribution in [1.29, 1.82) is 0 Å². The number of rotatable bonds is 4. The van der Waals surface area contributed by atoms with Crippen molar-refractivity contribution < 1.29 is 0 Å². The molecule has 1 heterocycles. The summed E-state index contributed by atoms with van der Waals surface area (Å²) in [5.41, 5.74) is 4.92. The molecule has 2 aromatic carbocycles. The van der Waals surface area contributed by atoms with Gasteiger partial charge in [-0.25, -0.2) is 4.98 Å². The van der Waals surface area contributed by atoms with E-state index in [2.05, 4.69) is 59.4 Å². The van der Waals surface area contributed by atoms with Crippen molar-refractivity contribution in [1.82, 2.24) is 14.9 Å². The van der Waals surface area contributed by atoms with Crippen LogP contribution in [0.25, 0.3) is 11.0 Å². The average molecular weight is 265 g/mol. The van der Waals surface area contributed by atoms with Gasteiger partial charge in [-0.05, 0) is 30.3 Å². The lowest BCUT2D eigenvalue weighted by atomic mass is 10.0. The van der Waals surface area contributed by atoms with E-state index in [4.69, 9.17) is 4.98 Å². The Kier molecular flexibility index (Phi) is 3.52. The number of nitrogens with one attached hydrogen (secondary N) is 1. The zero-order valence-corrected chi connectivity index (χ0v) is 11.9. The van der Waals surface area contributed by atoms with Crippen molar-refractivity contribution in [2.24, 2.45) is 7.05 Å². The van der Waals surface area contributed by atoms with Gasteiger partial charge in [0.25, 0.3) is 0 Å². The number of fused-ring (bicyclic) bond motifs is 1. The van der Waals surface area contributed by atoms with Crippen LogP contribution in [0.4, 0.5) is 0 Å². The van der Waals surface area contributed by atoms with E-state index >= 15 is 0 Å². The van der Waals surface area contributed by atoms with Crippen LogP contribution >= 0.6 is 0 Å². The quantitative estimate of drug-likeness (QED) is 0.786. The molecule has 0 aliphatic carbocycles. The van der Waals surface area contributed by atoms with Crippen molar-refractivity contribution >= 4 is 11.0 Å². The number of aryl methyl sites for hydroxylation is 1. The SMILES string of the molecule is CNCc1ccccc1Cc1nc2ccccc2n1C. The summed E-state index contributed by atoms with van der Waals surface area (Å²) >= 11 is 0. The number of para-hydroxylation sites is 2. The molecule has 0 atom stereocenters. The average Bonchev–Trinajstić information content (AvgIpc) is 2.79. The lowest BCUT2D eigenvalue weighted by Crippen LogP contribution is -2.09. The van der Waals surface area contributed by atoms with Crippen LogP contribution in [-0.2, 0) is 20.0 Å². The maximum Gasteiger partial charge on any atom is 0.114 e. The molecule has 0 saturated carbocycles. The Morgan fingerprint density at radius 2 is 1.70 bits per heavy atom. The highest BCUT2D eigenvalue weighted by atomic mass is 15.1. The maximum atomic E-state index is 4.75. The molecule has 20 heavy (non-hydrogen) atoms. The molecule has 0 amide bonds. The fraction of sp³-hybridized carbons (Fsp3) is 0.235. The van der Waals surface area contributed by atoms with Crippen LogP contribution in [-0.4, -0.2) is 16.6 Å². The van der Waals surface area contributed by atoms with Crippen molar-refractivity contribution in [3.63, 3.8) is 0 Å². The van der Waals surface area contributed by atoms with E-state index in [1.807, 2.05) is 13.1 Å². The summed E-state index contributed by atoms with van der Waals surface area (Å²) in [6, 6.07) is 16.8. The number of aromatic nitrogens is 2. The second-order valence-corrected chi connectivity index (χ2v) is 5.05. The van der Waals surface area contributed by atoms with E-state index < -0.39 is 0 Å². The summed E-state index contributed by atoms with van der Waals surface area (Å²) in [5, 5.41) is 3.22. The van der Waals surface area contributed by atoms with Crippen molar-refractivity contribution in [2.75, 3.05) is 7.05 Å². The Hall–Kier alpha value is -2.13. The molecule has 102 valence electrons. The molecule has 3 nitrogen and oxygen atoms in total. The summed E-state index contributed by atoms with van der Waals surface area (Å²) in [7, 11) is 4.07. The molecule has 1 N–H and O–H groups in total. The number of nitrogens with zero attached hydrogens (tertiary/aromatic N) is 2. The summed E-state index contributed by atoms with van der Waals surface area (Å²) in [6.07, 6.45) is 0.864. The first kappa shape index (κ1) is 12.9. The van der Waals surface area contributed by atoms with E-state index in [0.29, 0.717) is 0 Å². The summed E-state index contributed by atoms with van der Waals surface area (Å²) in [5.74, 6) is 1.11. The fourth-order valence-corrected chi connectivity index (χ4v) is 2.62. The van der Waals surface area contributed by atoms with Gasteiger partial charge < -0.3 is 9.88 Å². The number of imidazole rings is 1. The molecular weight excluding hydrogens is 246 g/mol. The zero-order valence-electron chi connectivity index (χ0n) is 11.9. The van der Waals surface area contributed by atoms with E-state index in [1.165, 1.54) is 16.6 Å². The Morgan fingerprint density at radius 3 is 2.45 bits per heavy atom. The number of benzene rings is 2. The molecule has 0 bridgehead atoms. The minimum absolute atomic E-state index is 0.864. The van der Waals surface area contributed by atoms with Gasteiger partial charge in [0.15, 0.2) is 0 Å². The first-order chi connectivity index (χ1) is 9.79. The maximum absolute atomic E-state index is 4.75. The number of hydrogen-bond donors (Lipinski definition) is 1. The molecule has 0 radical (unpaired) electrons. The minimum atomic E-state index is 0.864. The normalized spacial score (nSPS) is 11.1. The molecule has 0 aliphatic rings. The van der Waals surface area contributed by atoms with Crippen LogP contribution in [0.1, 0.15) is 17.0 Å². The third-order valence-electron chi connectivity index (χ3n) is 3.71. The summed E-state index contributed by atoms with van der Waals surface area (Å²) in [6.45, 7) is 0.889. The Balaban J connectivity index is 1.99. The molecule has 3 heteroatoms. The fourth-order valence-electron chi connectivity index (χ4n) is 2.62. The zero-order chi connectivity index (χ0) is 13.9. The Bertz CT molecular complexity index is 728.